The van der Waals surface area contributed by atoms with Crippen LogP contribution >= 0.6 is 0 Å². The first-order valence-electron chi connectivity index (χ1n) is 7.00. The summed E-state index contributed by atoms with van der Waals surface area (Å²) >= 11 is 0. The van der Waals surface area contributed by atoms with Crippen LogP contribution in [-0.2, 0) is 4.79 Å². The summed E-state index contributed by atoms with van der Waals surface area (Å²) in [6.07, 6.45) is -4.93. The smallest absolute Gasteiger partial charge is 0.354 e. The molecule has 2 aromatic carbocycles. The molecule has 0 fully saturated rings. The number of nitrogens with one attached hydrogen (secondary N) is 2. The molecule has 2 aromatic rings. The number of hydrogen-bond acceptors (Lipinski definition) is 2. The molecule has 0 atom stereocenters. The summed E-state index contributed by atoms with van der Waals surface area (Å²) in [4.78, 5) is 11.2. The number of carbonyl (C=O) groups excluding carboxylic acids is 1. The second-order valence-electron chi connectivity index (χ2n) is 5.42. The molecule has 0 spiro atoms. The van der Waals surface area contributed by atoms with Crippen LogP contribution in [0.4, 0.5) is 30.2 Å². The minimum Gasteiger partial charge on any atom is -0.354 e. The fourth-order valence-electron chi connectivity index (χ4n) is 2.01. The number of aryl methyl sites for hydroxylation is 3. The van der Waals surface area contributed by atoms with Crippen molar-refractivity contribution >= 4 is 23.0 Å². The van der Waals surface area contributed by atoms with Gasteiger partial charge in [0.05, 0.1) is 11.4 Å². The molecule has 122 valence electrons. The molecule has 2 N–H and O–H groups in total. The Morgan fingerprint density at radius 1 is 0.913 bits per heavy atom. The minimum atomic E-state index is -4.93. The normalized spacial score (nSPS) is 11.2. The third-order valence-corrected chi connectivity index (χ3v) is 3.47. The van der Waals surface area contributed by atoms with Gasteiger partial charge in [0, 0.05) is 5.69 Å². The van der Waals surface area contributed by atoms with Gasteiger partial charge in [-0.05, 0) is 56.2 Å². The van der Waals surface area contributed by atoms with Gasteiger partial charge in [-0.1, -0.05) is 17.7 Å². The molecule has 0 saturated carbocycles. The average Bonchev–Trinajstić information content (AvgIpc) is 2.45. The minimum absolute atomic E-state index is 0.0935. The van der Waals surface area contributed by atoms with Crippen molar-refractivity contribution in [3.63, 3.8) is 0 Å². The third kappa shape index (κ3) is 4.25. The van der Waals surface area contributed by atoms with E-state index in [0.717, 1.165) is 22.4 Å². The van der Waals surface area contributed by atoms with Crippen LogP contribution in [0, 0.1) is 20.8 Å². The molecule has 1 amide bonds. The number of rotatable bonds is 3. The van der Waals surface area contributed by atoms with Crippen LogP contribution in [0.1, 0.15) is 16.7 Å². The van der Waals surface area contributed by atoms with E-state index < -0.39 is 12.1 Å². The van der Waals surface area contributed by atoms with Crippen LogP contribution in [0.15, 0.2) is 36.4 Å². The number of halogens is 3. The van der Waals surface area contributed by atoms with E-state index in [2.05, 4.69) is 5.32 Å². The van der Waals surface area contributed by atoms with Gasteiger partial charge in [-0.2, -0.15) is 13.2 Å². The zero-order valence-corrected chi connectivity index (χ0v) is 13.0. The number of hydrogen-bond donors (Lipinski definition) is 2. The van der Waals surface area contributed by atoms with Crippen LogP contribution in [0.3, 0.4) is 0 Å². The summed E-state index contributed by atoms with van der Waals surface area (Å²) < 4.78 is 37.5. The van der Waals surface area contributed by atoms with E-state index in [1.54, 1.807) is 13.0 Å². The van der Waals surface area contributed by atoms with Gasteiger partial charge in [-0.25, -0.2) is 0 Å². The number of alkyl halides is 3. The largest absolute Gasteiger partial charge is 0.471 e. The monoisotopic (exact) mass is 322 g/mol. The molecule has 3 nitrogen and oxygen atoms in total. The lowest BCUT2D eigenvalue weighted by Crippen LogP contribution is -2.30. The van der Waals surface area contributed by atoms with Gasteiger partial charge in [0.1, 0.15) is 0 Å². The average molecular weight is 322 g/mol. The maximum absolute atomic E-state index is 12.5. The van der Waals surface area contributed by atoms with Crippen molar-refractivity contribution in [1.29, 1.82) is 0 Å². The zero-order chi connectivity index (χ0) is 17.2. The molecule has 0 aliphatic rings. The summed E-state index contributed by atoms with van der Waals surface area (Å²) in [5.41, 5.74) is 4.00. The van der Waals surface area contributed by atoms with Crippen molar-refractivity contribution in [2.24, 2.45) is 0 Å². The Bertz CT molecular complexity index is 722. The van der Waals surface area contributed by atoms with Gasteiger partial charge in [0.15, 0.2) is 0 Å². The first-order chi connectivity index (χ1) is 10.7. The van der Waals surface area contributed by atoms with Crippen LogP contribution in [0.2, 0.25) is 0 Å². The second kappa shape index (κ2) is 6.32. The highest BCUT2D eigenvalue weighted by atomic mass is 19.4. The molecule has 0 bridgehead atoms. The van der Waals surface area contributed by atoms with E-state index >= 15 is 0 Å². The third-order valence-electron chi connectivity index (χ3n) is 3.47. The number of carbonyl (C=O) groups is 1. The van der Waals surface area contributed by atoms with E-state index in [4.69, 9.17) is 0 Å². The van der Waals surface area contributed by atoms with Crippen molar-refractivity contribution in [2.45, 2.75) is 26.9 Å². The molecular formula is C17H17F3N2O. The molecular weight excluding hydrogens is 305 g/mol. The highest BCUT2D eigenvalue weighted by Gasteiger charge is 2.39. The second-order valence-corrected chi connectivity index (χ2v) is 5.42. The summed E-state index contributed by atoms with van der Waals surface area (Å²) in [6, 6.07) is 10.6. The Kier molecular flexibility index (Phi) is 4.63. The molecule has 2 rings (SSSR count). The molecule has 0 radical (unpaired) electrons. The lowest BCUT2D eigenvalue weighted by atomic mass is 10.1. The Morgan fingerprint density at radius 2 is 1.43 bits per heavy atom. The van der Waals surface area contributed by atoms with Crippen LogP contribution in [0.25, 0.3) is 0 Å². The van der Waals surface area contributed by atoms with Crippen molar-refractivity contribution in [1.82, 2.24) is 0 Å². The summed E-state index contributed by atoms with van der Waals surface area (Å²) in [6.45, 7) is 5.56. The predicted octanol–water partition coefficient (Wildman–Crippen LogP) is 4.86. The maximum atomic E-state index is 12.5. The molecule has 23 heavy (non-hydrogen) atoms. The maximum Gasteiger partial charge on any atom is 0.471 e. The van der Waals surface area contributed by atoms with Gasteiger partial charge in [0.25, 0.3) is 0 Å². The van der Waals surface area contributed by atoms with Crippen molar-refractivity contribution in [3.8, 4) is 0 Å². The molecule has 0 unspecified atom stereocenters. The van der Waals surface area contributed by atoms with E-state index in [9.17, 15) is 18.0 Å². The van der Waals surface area contributed by atoms with Crippen molar-refractivity contribution < 1.29 is 18.0 Å². The summed E-state index contributed by atoms with van der Waals surface area (Å²) in [5, 5.41) is 4.97. The quantitative estimate of drug-likeness (QED) is 0.847. The predicted molar refractivity (Wildman–Crippen MR) is 85.1 cm³/mol. The van der Waals surface area contributed by atoms with Gasteiger partial charge < -0.3 is 10.6 Å². The van der Waals surface area contributed by atoms with Crippen molar-refractivity contribution in [3.05, 3.63) is 53.1 Å². The number of benzene rings is 2. The fourth-order valence-corrected chi connectivity index (χ4v) is 2.01. The molecule has 0 aliphatic heterocycles. The highest BCUT2D eigenvalue weighted by Crippen LogP contribution is 2.30. The van der Waals surface area contributed by atoms with Gasteiger partial charge in [-0.15, -0.1) is 0 Å². The molecule has 0 heterocycles. The van der Waals surface area contributed by atoms with E-state index in [1.165, 1.54) is 6.07 Å². The highest BCUT2D eigenvalue weighted by molar-refractivity contribution is 5.98. The standard InChI is InChI=1S/C17H17F3N2O/c1-10-4-6-13(7-5-10)21-14-8-11(2)12(3)9-15(14)22-16(23)17(18,19)20/h4-9,21H,1-3H3,(H,22,23). The Labute approximate surface area is 132 Å². The van der Waals surface area contributed by atoms with E-state index in [1.807, 2.05) is 43.4 Å². The molecule has 0 aliphatic carbocycles. The number of amides is 1. The lowest BCUT2D eigenvalue weighted by Gasteiger charge is -2.16. The molecule has 6 heteroatoms. The molecule has 0 saturated heterocycles. The van der Waals surface area contributed by atoms with E-state index in [-0.39, 0.29) is 5.69 Å². The summed E-state index contributed by atoms with van der Waals surface area (Å²) in [7, 11) is 0. The van der Waals surface area contributed by atoms with Crippen LogP contribution < -0.4 is 10.6 Å². The van der Waals surface area contributed by atoms with Gasteiger partial charge >= 0.3 is 12.1 Å². The van der Waals surface area contributed by atoms with Crippen molar-refractivity contribution in [2.75, 3.05) is 10.6 Å². The fraction of sp³-hybridized carbons (Fsp3) is 0.235. The van der Waals surface area contributed by atoms with Gasteiger partial charge in [0.2, 0.25) is 0 Å². The van der Waals surface area contributed by atoms with Crippen LogP contribution in [-0.4, -0.2) is 12.1 Å². The topological polar surface area (TPSA) is 41.1 Å². The lowest BCUT2D eigenvalue weighted by molar-refractivity contribution is -0.167. The Balaban J connectivity index is 2.35. The Hall–Kier alpha value is -2.50. The number of anilines is 3. The first-order valence-corrected chi connectivity index (χ1v) is 7.00. The van der Waals surface area contributed by atoms with Crippen LogP contribution in [0.5, 0.6) is 0 Å². The first kappa shape index (κ1) is 16.9. The summed E-state index contributed by atoms with van der Waals surface area (Å²) in [5.74, 6) is -1.99. The Morgan fingerprint density at radius 3 is 1.96 bits per heavy atom. The SMILES string of the molecule is Cc1ccc(Nc2cc(C)c(C)cc2NC(=O)C(F)(F)F)cc1. The van der Waals surface area contributed by atoms with Gasteiger partial charge in [-0.3, -0.25) is 4.79 Å². The molecule has 0 aromatic heterocycles. The zero-order valence-electron chi connectivity index (χ0n) is 13.0. The van der Waals surface area contributed by atoms with E-state index in [0.29, 0.717) is 5.69 Å².